The minimum atomic E-state index is 0.370. The van der Waals surface area contributed by atoms with E-state index in [4.69, 9.17) is 0 Å². The van der Waals surface area contributed by atoms with Gasteiger partial charge in [0.1, 0.15) is 0 Å². The van der Waals surface area contributed by atoms with Crippen molar-refractivity contribution in [2.24, 2.45) is 0 Å². The molecule has 2 aromatic rings. The third-order valence-corrected chi connectivity index (χ3v) is 8.45. The van der Waals surface area contributed by atoms with Crippen molar-refractivity contribution in [1.29, 1.82) is 0 Å². The molecule has 1 atom stereocenters. The van der Waals surface area contributed by atoms with E-state index in [9.17, 15) is 0 Å². The normalized spacial score (nSPS) is 23.0. The lowest BCUT2D eigenvalue weighted by atomic mass is 9.95. The second kappa shape index (κ2) is 9.05. The zero-order valence-corrected chi connectivity index (χ0v) is 19.8. The van der Waals surface area contributed by atoms with E-state index >= 15 is 0 Å². The minimum Gasteiger partial charge on any atom is -0.358 e. The summed E-state index contributed by atoms with van der Waals surface area (Å²) in [6.07, 6.45) is 15.2. The van der Waals surface area contributed by atoms with Gasteiger partial charge in [-0.05, 0) is 67.7 Å². The van der Waals surface area contributed by atoms with Crippen molar-refractivity contribution in [3.05, 3.63) is 95.1 Å². The van der Waals surface area contributed by atoms with Crippen LogP contribution in [-0.2, 0) is 0 Å². The Morgan fingerprint density at radius 1 is 1.00 bits per heavy atom. The molecule has 158 valence electrons. The standard InChI is InChI=1S/C27H28N2S2/c1-3-29-23-14-5-7-16-25(23)31-27(29)19-21-12-8-10-20(18-21)11-9-17-26-28(2)22-13-4-6-15-24(22)30-26/h4-7,9,11,13-19,26H,3,8,10,12H2,1-2H3/b17-9+,20-11-,27-19?. The summed E-state index contributed by atoms with van der Waals surface area (Å²) in [7, 11) is 2.18. The highest BCUT2D eigenvalue weighted by Gasteiger charge is 2.25. The number of likely N-dealkylation sites (N-methyl/N-ethyl adjacent to an activating group) is 1. The van der Waals surface area contributed by atoms with Crippen LogP contribution >= 0.6 is 23.5 Å². The van der Waals surface area contributed by atoms with Crippen LogP contribution in [0.4, 0.5) is 11.4 Å². The zero-order valence-electron chi connectivity index (χ0n) is 18.1. The van der Waals surface area contributed by atoms with Gasteiger partial charge in [-0.1, -0.05) is 72.1 Å². The fourth-order valence-corrected chi connectivity index (χ4v) is 6.80. The third-order valence-electron chi connectivity index (χ3n) is 6.02. The molecule has 5 rings (SSSR count). The number of benzene rings is 2. The summed E-state index contributed by atoms with van der Waals surface area (Å²) in [5.41, 5.74) is 5.55. The molecule has 31 heavy (non-hydrogen) atoms. The van der Waals surface area contributed by atoms with Gasteiger partial charge < -0.3 is 9.80 Å². The van der Waals surface area contributed by atoms with E-state index in [1.165, 1.54) is 43.8 Å². The Labute approximate surface area is 194 Å². The summed E-state index contributed by atoms with van der Waals surface area (Å²) in [5.74, 6) is 0. The van der Waals surface area contributed by atoms with Crippen molar-refractivity contribution in [3.8, 4) is 0 Å². The van der Waals surface area contributed by atoms with Crippen LogP contribution in [0.2, 0.25) is 0 Å². The van der Waals surface area contributed by atoms with Crippen molar-refractivity contribution >= 4 is 34.9 Å². The first-order chi connectivity index (χ1) is 15.2. The number of hydrogen-bond acceptors (Lipinski definition) is 4. The second-order valence-electron chi connectivity index (χ2n) is 8.08. The number of para-hydroxylation sites is 2. The maximum atomic E-state index is 2.43. The van der Waals surface area contributed by atoms with E-state index in [1.807, 2.05) is 23.5 Å². The van der Waals surface area contributed by atoms with Crippen molar-refractivity contribution in [2.75, 3.05) is 23.4 Å². The van der Waals surface area contributed by atoms with E-state index in [-0.39, 0.29) is 0 Å². The average Bonchev–Trinajstić information content (AvgIpc) is 3.31. The Morgan fingerprint density at radius 2 is 1.77 bits per heavy atom. The third kappa shape index (κ3) is 4.24. The van der Waals surface area contributed by atoms with Gasteiger partial charge in [0.05, 0.1) is 21.8 Å². The van der Waals surface area contributed by atoms with E-state index in [0.29, 0.717) is 5.37 Å². The molecule has 3 aliphatic rings. The Balaban J connectivity index is 1.30. The predicted molar refractivity (Wildman–Crippen MR) is 137 cm³/mol. The first kappa shape index (κ1) is 20.6. The summed E-state index contributed by atoms with van der Waals surface area (Å²) >= 11 is 3.82. The van der Waals surface area contributed by atoms with Crippen molar-refractivity contribution in [3.63, 3.8) is 0 Å². The molecular formula is C27H28N2S2. The van der Waals surface area contributed by atoms with Crippen LogP contribution in [0.25, 0.3) is 0 Å². The number of anilines is 2. The molecule has 0 saturated carbocycles. The number of hydrogen-bond donors (Lipinski definition) is 0. The highest BCUT2D eigenvalue weighted by Crippen LogP contribution is 2.46. The van der Waals surface area contributed by atoms with Gasteiger partial charge in [0, 0.05) is 23.4 Å². The maximum absolute atomic E-state index is 2.43. The molecule has 2 heterocycles. The van der Waals surface area contributed by atoms with E-state index in [2.05, 4.69) is 103 Å². The van der Waals surface area contributed by atoms with Gasteiger partial charge in [-0.2, -0.15) is 0 Å². The van der Waals surface area contributed by atoms with E-state index in [0.717, 1.165) is 19.4 Å². The highest BCUT2D eigenvalue weighted by molar-refractivity contribution is 8.03. The molecule has 1 unspecified atom stereocenters. The molecule has 0 aromatic heterocycles. The maximum Gasteiger partial charge on any atom is 0.0982 e. The SMILES string of the molecule is CCN1C(=CC2=C/C(=C\C=C\C3Sc4ccccc4N3C)CCC2)Sc2ccccc21. The van der Waals surface area contributed by atoms with Gasteiger partial charge in [-0.15, -0.1) is 0 Å². The summed E-state index contributed by atoms with van der Waals surface area (Å²) in [6.45, 7) is 3.24. The number of rotatable bonds is 4. The molecule has 0 amide bonds. The van der Waals surface area contributed by atoms with Crippen LogP contribution in [0.1, 0.15) is 26.2 Å². The monoisotopic (exact) mass is 444 g/mol. The van der Waals surface area contributed by atoms with Crippen LogP contribution in [0.5, 0.6) is 0 Å². The number of allylic oxidation sites excluding steroid dienone is 6. The zero-order chi connectivity index (χ0) is 21.2. The topological polar surface area (TPSA) is 6.48 Å². The fraction of sp³-hybridized carbons (Fsp3) is 0.259. The van der Waals surface area contributed by atoms with E-state index in [1.54, 1.807) is 0 Å². The lowest BCUT2D eigenvalue weighted by molar-refractivity contribution is 0.796. The van der Waals surface area contributed by atoms with E-state index < -0.39 is 0 Å². The van der Waals surface area contributed by atoms with Gasteiger partial charge in [-0.3, -0.25) is 0 Å². The van der Waals surface area contributed by atoms with Crippen LogP contribution in [0.15, 0.2) is 105 Å². The molecule has 2 nitrogen and oxygen atoms in total. The molecule has 0 fully saturated rings. The van der Waals surface area contributed by atoms with Gasteiger partial charge >= 0.3 is 0 Å². The first-order valence-corrected chi connectivity index (χ1v) is 12.7. The van der Waals surface area contributed by atoms with Crippen molar-refractivity contribution < 1.29 is 0 Å². The largest absolute Gasteiger partial charge is 0.358 e. The van der Waals surface area contributed by atoms with Crippen LogP contribution < -0.4 is 9.80 Å². The van der Waals surface area contributed by atoms with Gasteiger partial charge in [0.15, 0.2) is 0 Å². The molecule has 2 aliphatic heterocycles. The molecule has 2 aromatic carbocycles. The molecule has 0 radical (unpaired) electrons. The average molecular weight is 445 g/mol. The predicted octanol–water partition coefficient (Wildman–Crippen LogP) is 7.62. The van der Waals surface area contributed by atoms with Crippen LogP contribution in [-0.4, -0.2) is 19.0 Å². The number of fused-ring (bicyclic) bond motifs is 2. The fourth-order valence-electron chi connectivity index (χ4n) is 4.41. The molecule has 0 spiro atoms. The lowest BCUT2D eigenvalue weighted by Gasteiger charge is -2.20. The van der Waals surface area contributed by atoms with Crippen LogP contribution in [0.3, 0.4) is 0 Å². The lowest BCUT2D eigenvalue weighted by Crippen LogP contribution is -2.21. The second-order valence-corrected chi connectivity index (χ2v) is 10.3. The van der Waals surface area contributed by atoms with Crippen molar-refractivity contribution in [2.45, 2.75) is 41.4 Å². The molecule has 0 bridgehead atoms. The quantitative estimate of drug-likeness (QED) is 0.478. The molecule has 0 N–H and O–H groups in total. The molecule has 0 saturated heterocycles. The van der Waals surface area contributed by atoms with Crippen molar-refractivity contribution in [1.82, 2.24) is 0 Å². The number of nitrogens with zero attached hydrogens (tertiary/aromatic N) is 2. The Hall–Kier alpha value is -2.30. The summed E-state index contributed by atoms with van der Waals surface area (Å²) in [4.78, 5) is 7.53. The van der Waals surface area contributed by atoms with Crippen LogP contribution in [0, 0.1) is 0 Å². The highest BCUT2D eigenvalue weighted by atomic mass is 32.2. The summed E-state index contributed by atoms with van der Waals surface area (Å²) < 4.78 is 0. The Bertz CT molecular complexity index is 1100. The molecule has 1 aliphatic carbocycles. The van der Waals surface area contributed by atoms with Gasteiger partial charge in [-0.25, -0.2) is 0 Å². The number of thioether (sulfide) groups is 2. The van der Waals surface area contributed by atoms with Gasteiger partial charge in [0.25, 0.3) is 0 Å². The first-order valence-electron chi connectivity index (χ1n) is 11.1. The molecular weight excluding hydrogens is 416 g/mol. The Kier molecular flexibility index (Phi) is 6.02. The minimum absolute atomic E-state index is 0.370. The molecule has 4 heteroatoms. The summed E-state index contributed by atoms with van der Waals surface area (Å²) in [5, 5.41) is 1.73. The summed E-state index contributed by atoms with van der Waals surface area (Å²) in [6, 6.07) is 17.4. The Morgan fingerprint density at radius 3 is 2.58 bits per heavy atom. The smallest absolute Gasteiger partial charge is 0.0982 e. The van der Waals surface area contributed by atoms with Gasteiger partial charge in [0.2, 0.25) is 0 Å².